The first kappa shape index (κ1) is 17.9. The number of amides is 1. The summed E-state index contributed by atoms with van der Waals surface area (Å²) in [6.07, 6.45) is 0.862. The molecule has 2 aromatic carbocycles. The van der Waals surface area contributed by atoms with Gasteiger partial charge in [-0.05, 0) is 42.2 Å². The van der Waals surface area contributed by atoms with Crippen molar-refractivity contribution in [2.24, 2.45) is 5.73 Å². The van der Waals surface area contributed by atoms with E-state index in [1.54, 1.807) is 18.2 Å². The van der Waals surface area contributed by atoms with Crippen LogP contribution >= 0.6 is 11.6 Å². The molecule has 6 heteroatoms. The van der Waals surface area contributed by atoms with Crippen molar-refractivity contribution >= 4 is 17.5 Å². The maximum Gasteiger partial charge on any atom is 0.249 e. The number of nitrogens with one attached hydrogen (secondary N) is 1. The highest BCUT2D eigenvalue weighted by Gasteiger charge is 2.29. The topological polar surface area (TPSA) is 64.4 Å². The molecule has 3 N–H and O–H groups in total. The fourth-order valence-electron chi connectivity index (χ4n) is 2.88. The maximum absolute atomic E-state index is 14.3. The van der Waals surface area contributed by atoms with Crippen LogP contribution in [-0.2, 0) is 16.1 Å². The molecule has 4 nitrogen and oxygen atoms in total. The van der Waals surface area contributed by atoms with Crippen LogP contribution < -0.4 is 11.1 Å². The molecule has 1 aliphatic rings. The molecule has 132 valence electrons. The van der Waals surface area contributed by atoms with Crippen molar-refractivity contribution in [1.82, 2.24) is 5.32 Å². The predicted octanol–water partition coefficient (Wildman–Crippen LogP) is 3.27. The Labute approximate surface area is 151 Å². The van der Waals surface area contributed by atoms with Gasteiger partial charge in [-0.2, -0.15) is 0 Å². The van der Waals surface area contributed by atoms with Crippen LogP contribution in [0.1, 0.15) is 18.4 Å². The average Bonchev–Trinajstić information content (AvgIpc) is 3.10. The lowest BCUT2D eigenvalue weighted by Crippen LogP contribution is -2.35. The van der Waals surface area contributed by atoms with Gasteiger partial charge in [-0.1, -0.05) is 35.9 Å². The summed E-state index contributed by atoms with van der Waals surface area (Å²) in [7, 11) is 0. The molecule has 0 unspecified atom stereocenters. The Morgan fingerprint density at radius 3 is 2.56 bits per heavy atom. The second-order valence-corrected chi connectivity index (χ2v) is 6.53. The Morgan fingerprint density at radius 2 is 1.92 bits per heavy atom. The fraction of sp³-hybridized carbons (Fsp3) is 0.316. The molecule has 0 bridgehead atoms. The van der Waals surface area contributed by atoms with E-state index in [-0.39, 0.29) is 24.4 Å². The summed E-state index contributed by atoms with van der Waals surface area (Å²) in [6, 6.07) is 12.2. The molecule has 0 radical (unpaired) electrons. The van der Waals surface area contributed by atoms with Crippen molar-refractivity contribution in [2.75, 3.05) is 6.54 Å². The Morgan fingerprint density at radius 1 is 1.20 bits per heavy atom. The Hall–Kier alpha value is -1.95. The molecule has 1 amide bonds. The SMILES string of the molecule is NC[C@H]1CC[C@@H](C(=O)NCc2ccc(-c3ccc(Cl)cc3)cc2F)O1. The first-order valence-electron chi connectivity index (χ1n) is 8.24. The lowest BCUT2D eigenvalue weighted by molar-refractivity contribution is -0.132. The molecule has 2 atom stereocenters. The van der Waals surface area contributed by atoms with Gasteiger partial charge in [0.15, 0.2) is 0 Å². The zero-order chi connectivity index (χ0) is 17.8. The number of carbonyl (C=O) groups excluding carboxylic acids is 1. The van der Waals surface area contributed by atoms with Gasteiger partial charge in [0.1, 0.15) is 11.9 Å². The van der Waals surface area contributed by atoms with E-state index in [4.69, 9.17) is 22.1 Å². The number of benzene rings is 2. The molecule has 0 saturated carbocycles. The van der Waals surface area contributed by atoms with Crippen LogP contribution in [-0.4, -0.2) is 24.7 Å². The van der Waals surface area contributed by atoms with Crippen LogP contribution in [0.3, 0.4) is 0 Å². The van der Waals surface area contributed by atoms with E-state index in [1.807, 2.05) is 18.2 Å². The number of halogens is 2. The van der Waals surface area contributed by atoms with Crippen molar-refractivity contribution < 1.29 is 13.9 Å². The van der Waals surface area contributed by atoms with Crippen LogP contribution in [0.4, 0.5) is 4.39 Å². The van der Waals surface area contributed by atoms with E-state index in [2.05, 4.69) is 5.32 Å². The lowest BCUT2D eigenvalue weighted by atomic mass is 10.0. The first-order chi connectivity index (χ1) is 12.1. The highest BCUT2D eigenvalue weighted by Crippen LogP contribution is 2.24. The van der Waals surface area contributed by atoms with Gasteiger partial charge in [0.25, 0.3) is 0 Å². The molecule has 0 aromatic heterocycles. The minimum Gasteiger partial charge on any atom is -0.364 e. The lowest BCUT2D eigenvalue weighted by Gasteiger charge is -2.13. The zero-order valence-electron chi connectivity index (χ0n) is 13.7. The normalized spacial score (nSPS) is 19.8. The summed E-state index contributed by atoms with van der Waals surface area (Å²) in [5, 5.41) is 3.36. The van der Waals surface area contributed by atoms with Crippen molar-refractivity contribution in [2.45, 2.75) is 31.6 Å². The monoisotopic (exact) mass is 362 g/mol. The number of hydrogen-bond acceptors (Lipinski definition) is 3. The Balaban J connectivity index is 1.62. The van der Waals surface area contributed by atoms with Gasteiger partial charge in [0.2, 0.25) is 5.91 Å². The van der Waals surface area contributed by atoms with Gasteiger partial charge in [0.05, 0.1) is 6.10 Å². The molecule has 1 heterocycles. The van der Waals surface area contributed by atoms with Gasteiger partial charge >= 0.3 is 0 Å². The maximum atomic E-state index is 14.3. The van der Waals surface area contributed by atoms with Crippen molar-refractivity contribution in [1.29, 1.82) is 0 Å². The van der Waals surface area contributed by atoms with Gasteiger partial charge in [-0.3, -0.25) is 4.79 Å². The third-order valence-electron chi connectivity index (χ3n) is 4.35. The standard InChI is InChI=1S/C19H20ClFN2O2/c20-15-5-3-12(4-6-15)13-1-2-14(17(21)9-13)11-23-19(24)18-8-7-16(10-22)25-18/h1-6,9,16,18H,7-8,10-11,22H2,(H,23,24)/t16-,18+/m1/s1. The molecule has 1 fully saturated rings. The molecule has 1 aliphatic heterocycles. The minimum absolute atomic E-state index is 0.0638. The Kier molecular flexibility index (Phi) is 5.68. The van der Waals surface area contributed by atoms with Crippen LogP contribution in [0.5, 0.6) is 0 Å². The molecular weight excluding hydrogens is 343 g/mol. The van der Waals surface area contributed by atoms with Crippen molar-refractivity contribution in [3.63, 3.8) is 0 Å². The zero-order valence-corrected chi connectivity index (χ0v) is 14.4. The first-order valence-corrected chi connectivity index (χ1v) is 8.62. The largest absolute Gasteiger partial charge is 0.364 e. The summed E-state index contributed by atoms with van der Waals surface area (Å²) < 4.78 is 19.9. The summed E-state index contributed by atoms with van der Waals surface area (Å²) >= 11 is 5.87. The van der Waals surface area contributed by atoms with E-state index in [0.29, 0.717) is 23.6 Å². The van der Waals surface area contributed by atoms with Crippen LogP contribution in [0, 0.1) is 5.82 Å². The molecule has 0 aliphatic carbocycles. The molecule has 2 aromatic rings. The molecular formula is C19H20ClFN2O2. The number of hydrogen-bond donors (Lipinski definition) is 2. The predicted molar refractivity (Wildman–Crippen MR) is 95.6 cm³/mol. The van der Waals surface area contributed by atoms with E-state index in [1.165, 1.54) is 6.07 Å². The van der Waals surface area contributed by atoms with E-state index < -0.39 is 6.10 Å². The molecule has 1 saturated heterocycles. The summed E-state index contributed by atoms with van der Waals surface area (Å²) in [5.41, 5.74) is 7.61. The highest BCUT2D eigenvalue weighted by atomic mass is 35.5. The quantitative estimate of drug-likeness (QED) is 0.858. The third-order valence-corrected chi connectivity index (χ3v) is 4.60. The van der Waals surface area contributed by atoms with Crippen LogP contribution in [0.2, 0.25) is 5.02 Å². The third kappa shape index (κ3) is 4.37. The van der Waals surface area contributed by atoms with Gasteiger partial charge in [-0.25, -0.2) is 4.39 Å². The molecule has 25 heavy (non-hydrogen) atoms. The number of rotatable bonds is 5. The van der Waals surface area contributed by atoms with Gasteiger partial charge in [0, 0.05) is 23.7 Å². The number of nitrogens with two attached hydrogens (primary N) is 1. The van der Waals surface area contributed by atoms with Gasteiger partial charge in [-0.15, -0.1) is 0 Å². The summed E-state index contributed by atoms with van der Waals surface area (Å²) in [6.45, 7) is 0.531. The van der Waals surface area contributed by atoms with Crippen molar-refractivity contribution in [3.05, 3.63) is 58.9 Å². The molecule has 3 rings (SSSR count). The highest BCUT2D eigenvalue weighted by molar-refractivity contribution is 6.30. The van der Waals surface area contributed by atoms with Crippen molar-refractivity contribution in [3.8, 4) is 11.1 Å². The van der Waals surface area contributed by atoms with Crippen LogP contribution in [0.25, 0.3) is 11.1 Å². The molecule has 0 spiro atoms. The minimum atomic E-state index is -0.495. The average molecular weight is 363 g/mol. The summed E-state index contributed by atoms with van der Waals surface area (Å²) in [4.78, 5) is 12.1. The smallest absolute Gasteiger partial charge is 0.249 e. The Bertz CT molecular complexity index is 752. The number of ether oxygens (including phenoxy) is 1. The van der Waals surface area contributed by atoms with E-state index in [0.717, 1.165) is 17.5 Å². The van der Waals surface area contributed by atoms with E-state index in [9.17, 15) is 9.18 Å². The number of carbonyl (C=O) groups is 1. The van der Waals surface area contributed by atoms with Crippen LogP contribution in [0.15, 0.2) is 42.5 Å². The van der Waals surface area contributed by atoms with E-state index >= 15 is 0 Å². The second kappa shape index (κ2) is 7.95. The van der Waals surface area contributed by atoms with Gasteiger partial charge < -0.3 is 15.8 Å². The summed E-state index contributed by atoms with van der Waals surface area (Å²) in [5.74, 6) is -0.586. The fourth-order valence-corrected chi connectivity index (χ4v) is 3.01. The second-order valence-electron chi connectivity index (χ2n) is 6.09.